The summed E-state index contributed by atoms with van der Waals surface area (Å²) < 4.78 is 22.8. The Balaban J connectivity index is 0.00000676. The Bertz CT molecular complexity index is 631. The van der Waals surface area contributed by atoms with E-state index in [4.69, 9.17) is 0 Å². The Morgan fingerprint density at radius 1 is 1.15 bits per heavy atom. The van der Waals surface area contributed by atoms with Gasteiger partial charge in [-0.15, -0.1) is 24.0 Å². The van der Waals surface area contributed by atoms with Crippen LogP contribution in [-0.2, 0) is 19.4 Å². The summed E-state index contributed by atoms with van der Waals surface area (Å²) in [6.45, 7) is 8.53. The van der Waals surface area contributed by atoms with Crippen LogP contribution in [0, 0.1) is 0 Å². The zero-order valence-corrected chi connectivity index (χ0v) is 19.6. The molecule has 1 atom stereocenters. The minimum Gasteiger partial charge on any atom is -0.357 e. The van der Waals surface area contributed by atoms with E-state index in [0.717, 1.165) is 0 Å². The number of carbonyl (C=O) groups excluding carboxylic acids is 2. The van der Waals surface area contributed by atoms with Crippen LogP contribution in [0.1, 0.15) is 40.5 Å². The molecule has 1 aliphatic rings. The number of hydrogen-bond donors (Lipinski definition) is 4. The van der Waals surface area contributed by atoms with Crippen LogP contribution >= 0.6 is 24.0 Å². The van der Waals surface area contributed by atoms with Crippen LogP contribution in [0.5, 0.6) is 0 Å². The van der Waals surface area contributed by atoms with Crippen molar-refractivity contribution in [1.29, 1.82) is 0 Å². The maximum atomic E-state index is 11.9. The Kier molecular flexibility index (Phi) is 11.2. The molecule has 1 heterocycles. The minimum atomic E-state index is -3.01. The lowest BCUT2D eigenvalue weighted by Crippen LogP contribution is -2.44. The van der Waals surface area contributed by atoms with E-state index in [9.17, 15) is 18.0 Å². The first-order valence-electron chi connectivity index (χ1n) is 8.84. The molecule has 0 aromatic rings. The average Bonchev–Trinajstić information content (AvgIpc) is 2.81. The number of halogens is 1. The Morgan fingerprint density at radius 2 is 1.81 bits per heavy atom. The fraction of sp³-hybridized carbons (Fsp3) is 0.812. The van der Waals surface area contributed by atoms with E-state index in [0.29, 0.717) is 25.5 Å². The molecule has 2 amide bonds. The molecule has 11 heteroatoms. The summed E-state index contributed by atoms with van der Waals surface area (Å²) in [6.07, 6.45) is 0.656. The molecular formula is C16H32IN5O4S. The summed E-state index contributed by atoms with van der Waals surface area (Å²) in [5.74, 6) is 0.201. The number of rotatable bonds is 7. The van der Waals surface area contributed by atoms with E-state index < -0.39 is 9.84 Å². The third-order valence-corrected chi connectivity index (χ3v) is 5.25. The van der Waals surface area contributed by atoms with E-state index in [1.807, 2.05) is 27.7 Å². The highest BCUT2D eigenvalue weighted by molar-refractivity contribution is 14.0. The van der Waals surface area contributed by atoms with Crippen molar-refractivity contribution in [3.63, 3.8) is 0 Å². The lowest BCUT2D eigenvalue weighted by molar-refractivity contribution is -0.122. The SMILES string of the molecule is CCNC(=NCC(=O)NC(C)(C)C)NCCC(=O)NC1CCS(=O)(=O)C1.I. The lowest BCUT2D eigenvalue weighted by Gasteiger charge is -2.20. The van der Waals surface area contributed by atoms with Gasteiger partial charge in [0.1, 0.15) is 6.54 Å². The van der Waals surface area contributed by atoms with Crippen LogP contribution in [0.15, 0.2) is 4.99 Å². The van der Waals surface area contributed by atoms with E-state index in [1.54, 1.807) is 0 Å². The van der Waals surface area contributed by atoms with Crippen LogP contribution < -0.4 is 21.3 Å². The van der Waals surface area contributed by atoms with Gasteiger partial charge >= 0.3 is 0 Å². The molecule has 0 aromatic heterocycles. The molecule has 0 aliphatic carbocycles. The summed E-state index contributed by atoms with van der Waals surface area (Å²) in [4.78, 5) is 27.9. The summed E-state index contributed by atoms with van der Waals surface area (Å²) in [7, 11) is -3.01. The van der Waals surface area contributed by atoms with Gasteiger partial charge < -0.3 is 21.3 Å². The summed E-state index contributed by atoms with van der Waals surface area (Å²) in [5.41, 5.74) is -0.315. The molecule has 0 radical (unpaired) electrons. The number of amides is 2. The number of nitrogens with one attached hydrogen (secondary N) is 4. The number of sulfone groups is 1. The van der Waals surface area contributed by atoms with Gasteiger partial charge in [0.05, 0.1) is 11.5 Å². The standard InChI is InChI=1S/C16H31N5O4S.HI/c1-5-17-15(19-10-14(23)21-16(2,3)4)18-8-6-13(22)20-12-7-9-26(24,25)11-12;/h12H,5-11H2,1-4H3,(H,20,22)(H,21,23)(H2,17,18,19);1H. The molecule has 158 valence electrons. The van der Waals surface area contributed by atoms with E-state index in [-0.39, 0.29) is 71.8 Å². The van der Waals surface area contributed by atoms with Gasteiger partial charge in [0, 0.05) is 31.1 Å². The summed E-state index contributed by atoms with van der Waals surface area (Å²) >= 11 is 0. The molecule has 0 bridgehead atoms. The third kappa shape index (κ3) is 12.1. The first kappa shape index (κ1) is 25.9. The molecule has 0 aromatic carbocycles. The van der Waals surface area contributed by atoms with Gasteiger partial charge in [-0.25, -0.2) is 13.4 Å². The first-order valence-corrected chi connectivity index (χ1v) is 10.7. The highest BCUT2D eigenvalue weighted by Crippen LogP contribution is 2.11. The lowest BCUT2D eigenvalue weighted by atomic mass is 10.1. The molecular weight excluding hydrogens is 485 g/mol. The van der Waals surface area contributed by atoms with Crippen LogP contribution in [-0.4, -0.2) is 68.9 Å². The third-order valence-electron chi connectivity index (χ3n) is 3.48. The van der Waals surface area contributed by atoms with Crippen molar-refractivity contribution in [3.05, 3.63) is 0 Å². The molecule has 1 aliphatic heterocycles. The second-order valence-corrected chi connectivity index (χ2v) is 9.57. The monoisotopic (exact) mass is 517 g/mol. The van der Waals surface area contributed by atoms with Crippen LogP contribution in [0.25, 0.3) is 0 Å². The second-order valence-electron chi connectivity index (χ2n) is 7.34. The number of aliphatic imine (C=N–C) groups is 1. The fourth-order valence-electron chi connectivity index (χ4n) is 2.45. The van der Waals surface area contributed by atoms with Crippen molar-refractivity contribution in [3.8, 4) is 0 Å². The molecule has 0 spiro atoms. The van der Waals surface area contributed by atoms with Crippen molar-refractivity contribution in [2.45, 2.75) is 52.1 Å². The summed E-state index contributed by atoms with van der Waals surface area (Å²) in [5, 5.41) is 11.6. The number of hydrogen-bond acceptors (Lipinski definition) is 5. The number of carbonyl (C=O) groups is 2. The van der Waals surface area contributed by atoms with Gasteiger partial charge in [0.2, 0.25) is 11.8 Å². The van der Waals surface area contributed by atoms with Crippen molar-refractivity contribution >= 4 is 51.6 Å². The van der Waals surface area contributed by atoms with Gasteiger partial charge in [-0.05, 0) is 34.1 Å². The minimum absolute atomic E-state index is 0. The zero-order chi connectivity index (χ0) is 19.8. The predicted molar refractivity (Wildman–Crippen MR) is 117 cm³/mol. The predicted octanol–water partition coefficient (Wildman–Crippen LogP) is -0.232. The smallest absolute Gasteiger partial charge is 0.242 e. The van der Waals surface area contributed by atoms with Crippen molar-refractivity contribution in [2.24, 2.45) is 4.99 Å². The molecule has 27 heavy (non-hydrogen) atoms. The van der Waals surface area contributed by atoms with Gasteiger partial charge in [0.15, 0.2) is 15.8 Å². The van der Waals surface area contributed by atoms with Crippen LogP contribution in [0.3, 0.4) is 0 Å². The Morgan fingerprint density at radius 3 is 2.33 bits per heavy atom. The molecule has 4 N–H and O–H groups in total. The van der Waals surface area contributed by atoms with Crippen LogP contribution in [0.4, 0.5) is 0 Å². The number of nitrogens with zero attached hydrogens (tertiary/aromatic N) is 1. The maximum Gasteiger partial charge on any atom is 0.242 e. The largest absolute Gasteiger partial charge is 0.357 e. The normalized spacial score (nSPS) is 19.0. The summed E-state index contributed by atoms with van der Waals surface area (Å²) in [6, 6.07) is -0.296. The molecule has 1 saturated heterocycles. The zero-order valence-electron chi connectivity index (χ0n) is 16.4. The van der Waals surface area contributed by atoms with E-state index in [1.165, 1.54) is 0 Å². The highest BCUT2D eigenvalue weighted by atomic mass is 127. The molecule has 0 saturated carbocycles. The van der Waals surface area contributed by atoms with Gasteiger partial charge in [0.25, 0.3) is 0 Å². The molecule has 1 rings (SSSR count). The van der Waals surface area contributed by atoms with Gasteiger partial charge in [-0.1, -0.05) is 0 Å². The number of guanidine groups is 1. The van der Waals surface area contributed by atoms with Gasteiger partial charge in [-0.2, -0.15) is 0 Å². The van der Waals surface area contributed by atoms with Crippen molar-refractivity contribution < 1.29 is 18.0 Å². The Labute approximate surface area is 178 Å². The maximum absolute atomic E-state index is 11.9. The van der Waals surface area contributed by atoms with Crippen LogP contribution in [0.2, 0.25) is 0 Å². The second kappa shape index (κ2) is 11.7. The fourth-order valence-corrected chi connectivity index (χ4v) is 4.13. The molecule has 1 unspecified atom stereocenters. The van der Waals surface area contributed by atoms with Crippen molar-refractivity contribution in [1.82, 2.24) is 21.3 Å². The molecule has 9 nitrogen and oxygen atoms in total. The Hall–Kier alpha value is -1.11. The molecule has 1 fully saturated rings. The first-order chi connectivity index (χ1) is 12.0. The van der Waals surface area contributed by atoms with Crippen molar-refractivity contribution in [2.75, 3.05) is 31.1 Å². The van der Waals surface area contributed by atoms with E-state index >= 15 is 0 Å². The van der Waals surface area contributed by atoms with E-state index in [2.05, 4.69) is 26.3 Å². The highest BCUT2D eigenvalue weighted by Gasteiger charge is 2.28. The average molecular weight is 517 g/mol. The topological polar surface area (TPSA) is 129 Å². The quantitative estimate of drug-likeness (QED) is 0.210. The van der Waals surface area contributed by atoms with Gasteiger partial charge in [-0.3, -0.25) is 9.59 Å².